The molecule has 2 rings (SSSR count). The SMILES string of the molecule is COc1ccc(C)cc1NS(=O)(=O)c1c(N)ncn1C. The molecule has 0 spiro atoms. The third-order valence-corrected chi connectivity index (χ3v) is 4.26. The first-order valence-electron chi connectivity index (χ1n) is 5.79. The van der Waals surface area contributed by atoms with E-state index in [4.69, 9.17) is 10.5 Å². The van der Waals surface area contributed by atoms with Crippen LogP contribution in [0.4, 0.5) is 11.5 Å². The Morgan fingerprint density at radius 2 is 2.10 bits per heavy atom. The maximum atomic E-state index is 12.4. The van der Waals surface area contributed by atoms with Gasteiger partial charge in [-0.15, -0.1) is 0 Å². The molecule has 0 fully saturated rings. The molecule has 0 atom stereocenters. The van der Waals surface area contributed by atoms with E-state index in [1.165, 1.54) is 18.0 Å². The van der Waals surface area contributed by atoms with E-state index in [1.807, 2.05) is 13.0 Å². The van der Waals surface area contributed by atoms with Crippen molar-refractivity contribution in [3.05, 3.63) is 30.1 Å². The van der Waals surface area contributed by atoms with Gasteiger partial charge in [0.15, 0.2) is 10.8 Å². The van der Waals surface area contributed by atoms with Crippen LogP contribution in [0.25, 0.3) is 0 Å². The number of ether oxygens (including phenoxy) is 1. The molecule has 108 valence electrons. The number of aromatic nitrogens is 2. The van der Waals surface area contributed by atoms with Crippen molar-refractivity contribution in [2.24, 2.45) is 7.05 Å². The minimum Gasteiger partial charge on any atom is -0.495 e. The number of aryl methyl sites for hydroxylation is 2. The lowest BCUT2D eigenvalue weighted by Gasteiger charge is -2.13. The van der Waals surface area contributed by atoms with Gasteiger partial charge in [-0.1, -0.05) is 6.07 Å². The molecule has 0 aliphatic heterocycles. The number of methoxy groups -OCH3 is 1. The number of rotatable bonds is 4. The molecule has 8 heteroatoms. The number of benzene rings is 1. The van der Waals surface area contributed by atoms with Crippen molar-refractivity contribution in [2.45, 2.75) is 11.9 Å². The Hall–Kier alpha value is -2.22. The maximum Gasteiger partial charge on any atom is 0.281 e. The van der Waals surface area contributed by atoms with Gasteiger partial charge in [0, 0.05) is 7.05 Å². The monoisotopic (exact) mass is 296 g/mol. The average Bonchev–Trinajstić information content (AvgIpc) is 2.69. The normalized spacial score (nSPS) is 11.3. The van der Waals surface area contributed by atoms with E-state index in [0.29, 0.717) is 11.4 Å². The fraction of sp³-hybridized carbons (Fsp3) is 0.250. The van der Waals surface area contributed by atoms with Crippen LogP contribution >= 0.6 is 0 Å². The van der Waals surface area contributed by atoms with Crippen LogP contribution in [-0.2, 0) is 17.1 Å². The summed E-state index contributed by atoms with van der Waals surface area (Å²) in [7, 11) is -0.801. The van der Waals surface area contributed by atoms with Crippen molar-refractivity contribution in [3.8, 4) is 5.75 Å². The highest BCUT2D eigenvalue weighted by molar-refractivity contribution is 7.92. The van der Waals surface area contributed by atoms with E-state index >= 15 is 0 Å². The fourth-order valence-corrected chi connectivity index (χ4v) is 3.16. The smallest absolute Gasteiger partial charge is 0.281 e. The lowest BCUT2D eigenvalue weighted by Crippen LogP contribution is -2.18. The summed E-state index contributed by atoms with van der Waals surface area (Å²) >= 11 is 0. The number of nitrogens with zero attached hydrogens (tertiary/aromatic N) is 2. The topological polar surface area (TPSA) is 99.2 Å². The molecule has 1 aromatic carbocycles. The maximum absolute atomic E-state index is 12.4. The van der Waals surface area contributed by atoms with E-state index in [2.05, 4.69) is 9.71 Å². The predicted molar refractivity (Wildman–Crippen MR) is 76.2 cm³/mol. The van der Waals surface area contributed by atoms with Gasteiger partial charge in [0.25, 0.3) is 10.0 Å². The van der Waals surface area contributed by atoms with Crippen LogP contribution in [0.15, 0.2) is 29.6 Å². The Morgan fingerprint density at radius 1 is 1.40 bits per heavy atom. The molecule has 1 heterocycles. The highest BCUT2D eigenvalue weighted by atomic mass is 32.2. The number of hydrogen-bond acceptors (Lipinski definition) is 5. The van der Waals surface area contributed by atoms with E-state index in [1.54, 1.807) is 19.2 Å². The predicted octanol–water partition coefficient (Wildman–Crippen LogP) is 1.12. The Morgan fingerprint density at radius 3 is 2.65 bits per heavy atom. The Bertz CT molecular complexity index is 718. The zero-order chi connectivity index (χ0) is 14.9. The highest BCUT2D eigenvalue weighted by Crippen LogP contribution is 2.28. The number of nitrogen functional groups attached to an aromatic ring is 1. The van der Waals surface area contributed by atoms with Gasteiger partial charge in [-0.3, -0.25) is 4.72 Å². The molecule has 1 aromatic heterocycles. The number of hydrogen-bond donors (Lipinski definition) is 2. The van der Waals surface area contributed by atoms with E-state index < -0.39 is 10.0 Å². The van der Waals surface area contributed by atoms with Gasteiger partial charge in [-0.25, -0.2) is 4.98 Å². The quantitative estimate of drug-likeness (QED) is 0.880. The molecule has 0 amide bonds. The first-order chi connectivity index (χ1) is 9.35. The molecule has 0 aliphatic carbocycles. The van der Waals surface area contributed by atoms with Gasteiger partial charge >= 0.3 is 0 Å². The lowest BCUT2D eigenvalue weighted by molar-refractivity contribution is 0.417. The van der Waals surface area contributed by atoms with E-state index in [9.17, 15) is 8.42 Å². The summed E-state index contributed by atoms with van der Waals surface area (Å²) < 4.78 is 33.7. The fourth-order valence-electron chi connectivity index (χ4n) is 1.86. The molecule has 2 aromatic rings. The highest BCUT2D eigenvalue weighted by Gasteiger charge is 2.23. The van der Waals surface area contributed by atoms with Gasteiger partial charge in [0.05, 0.1) is 19.1 Å². The lowest BCUT2D eigenvalue weighted by atomic mass is 10.2. The van der Waals surface area contributed by atoms with Crippen LogP contribution in [0, 0.1) is 6.92 Å². The van der Waals surface area contributed by atoms with Crippen molar-refractivity contribution >= 4 is 21.5 Å². The van der Waals surface area contributed by atoms with Gasteiger partial charge < -0.3 is 15.0 Å². The van der Waals surface area contributed by atoms with Crippen LogP contribution in [0.2, 0.25) is 0 Å². The second-order valence-electron chi connectivity index (χ2n) is 4.36. The van der Waals surface area contributed by atoms with Crippen molar-refractivity contribution < 1.29 is 13.2 Å². The summed E-state index contributed by atoms with van der Waals surface area (Å²) in [6.07, 6.45) is 1.34. The second-order valence-corrected chi connectivity index (χ2v) is 5.95. The largest absolute Gasteiger partial charge is 0.495 e. The summed E-state index contributed by atoms with van der Waals surface area (Å²) in [5, 5.41) is -0.0824. The Balaban J connectivity index is 2.46. The van der Waals surface area contributed by atoms with Gasteiger partial charge in [0.2, 0.25) is 0 Å². The Labute approximate surface area is 117 Å². The number of anilines is 2. The number of nitrogens with one attached hydrogen (secondary N) is 1. The number of imidazole rings is 1. The molecule has 3 N–H and O–H groups in total. The zero-order valence-corrected chi connectivity index (χ0v) is 12.2. The first-order valence-corrected chi connectivity index (χ1v) is 7.27. The van der Waals surface area contributed by atoms with Gasteiger partial charge in [-0.2, -0.15) is 8.42 Å². The summed E-state index contributed by atoms with van der Waals surface area (Å²) in [6, 6.07) is 5.21. The summed E-state index contributed by atoms with van der Waals surface area (Å²) in [5.41, 5.74) is 6.86. The first kappa shape index (κ1) is 14.2. The Kier molecular flexibility index (Phi) is 3.58. The molecule has 0 bridgehead atoms. The molecular weight excluding hydrogens is 280 g/mol. The van der Waals surface area contributed by atoms with Gasteiger partial charge in [-0.05, 0) is 24.6 Å². The third kappa shape index (κ3) is 2.55. The van der Waals surface area contributed by atoms with Crippen molar-refractivity contribution in [2.75, 3.05) is 17.6 Å². The molecule has 0 saturated carbocycles. The molecule has 0 radical (unpaired) electrons. The van der Waals surface area contributed by atoms with Crippen LogP contribution in [-0.4, -0.2) is 25.1 Å². The van der Waals surface area contributed by atoms with E-state index in [0.717, 1.165) is 5.56 Å². The third-order valence-electron chi connectivity index (χ3n) is 2.76. The molecule has 0 saturated heterocycles. The second kappa shape index (κ2) is 5.04. The van der Waals surface area contributed by atoms with Crippen molar-refractivity contribution in [1.82, 2.24) is 9.55 Å². The minimum atomic E-state index is -3.84. The van der Waals surface area contributed by atoms with Crippen LogP contribution in [0.5, 0.6) is 5.75 Å². The summed E-state index contributed by atoms with van der Waals surface area (Å²) in [5.74, 6) is 0.381. The number of nitrogens with two attached hydrogens (primary N) is 1. The minimum absolute atomic E-state index is 0.0494. The zero-order valence-electron chi connectivity index (χ0n) is 11.4. The average molecular weight is 296 g/mol. The van der Waals surface area contributed by atoms with Crippen molar-refractivity contribution in [1.29, 1.82) is 0 Å². The summed E-state index contributed by atoms with van der Waals surface area (Å²) in [6.45, 7) is 1.86. The van der Waals surface area contributed by atoms with Crippen LogP contribution in [0.3, 0.4) is 0 Å². The summed E-state index contributed by atoms with van der Waals surface area (Å²) in [4.78, 5) is 3.77. The molecule has 0 aliphatic rings. The molecule has 20 heavy (non-hydrogen) atoms. The number of sulfonamides is 1. The standard InChI is InChI=1S/C12H16N4O3S/c1-8-4-5-10(19-3)9(6-8)15-20(17,18)12-11(13)14-7-16(12)2/h4-7,15H,13H2,1-3H3. The van der Waals surface area contributed by atoms with Crippen molar-refractivity contribution in [3.63, 3.8) is 0 Å². The van der Waals surface area contributed by atoms with Gasteiger partial charge in [0.1, 0.15) is 5.75 Å². The van der Waals surface area contributed by atoms with Crippen LogP contribution in [0.1, 0.15) is 5.56 Å². The molecule has 0 unspecified atom stereocenters. The van der Waals surface area contributed by atoms with Crippen LogP contribution < -0.4 is 15.2 Å². The molecular formula is C12H16N4O3S. The van der Waals surface area contributed by atoms with E-state index in [-0.39, 0.29) is 10.8 Å². The molecule has 7 nitrogen and oxygen atoms in total.